The highest BCUT2D eigenvalue weighted by molar-refractivity contribution is 7.58. The molecule has 4 nitrogen and oxygen atoms in total. The van der Waals surface area contributed by atoms with Gasteiger partial charge in [0.2, 0.25) is 5.57 Å². The molecule has 2 aromatic rings. The first kappa shape index (κ1) is 24.5. The third-order valence-electron chi connectivity index (χ3n) is 4.73. The minimum Gasteiger partial charge on any atom is -0.304 e. The molecule has 0 spiro atoms. The summed E-state index contributed by atoms with van der Waals surface area (Å²) in [7, 11) is -3.94. The second-order valence-electron chi connectivity index (χ2n) is 7.43. The summed E-state index contributed by atoms with van der Waals surface area (Å²) in [6.07, 6.45) is 1.42. The zero-order valence-corrected chi connectivity index (χ0v) is 19.2. The largest absolute Gasteiger partial charge is 0.389 e. The SMILES string of the molecule is CCOP(=O)(OCC)/C(F)=C/C(C(C)C)N(Cc1ccccc1)Cc1ccccc1. The number of nitrogens with zero attached hydrogens (tertiary/aromatic N) is 1. The fourth-order valence-electron chi connectivity index (χ4n) is 3.35. The molecule has 2 aromatic carbocycles. The summed E-state index contributed by atoms with van der Waals surface area (Å²) in [6, 6.07) is 19.9. The van der Waals surface area contributed by atoms with E-state index in [0.717, 1.165) is 11.1 Å². The lowest BCUT2D eigenvalue weighted by Crippen LogP contribution is -2.37. The van der Waals surface area contributed by atoms with E-state index in [1.54, 1.807) is 13.8 Å². The average Bonchev–Trinajstić information content (AvgIpc) is 2.73. The van der Waals surface area contributed by atoms with Gasteiger partial charge in [0.25, 0.3) is 0 Å². The van der Waals surface area contributed by atoms with Gasteiger partial charge in [0.05, 0.1) is 13.2 Å². The molecule has 1 unspecified atom stereocenters. The maximum Gasteiger partial charge on any atom is 0.389 e. The van der Waals surface area contributed by atoms with Crippen LogP contribution in [0.15, 0.2) is 72.3 Å². The van der Waals surface area contributed by atoms with E-state index in [4.69, 9.17) is 9.05 Å². The van der Waals surface area contributed by atoms with E-state index in [0.29, 0.717) is 13.1 Å². The molecule has 0 aliphatic heterocycles. The van der Waals surface area contributed by atoms with Crippen molar-refractivity contribution in [2.24, 2.45) is 5.92 Å². The molecule has 30 heavy (non-hydrogen) atoms. The van der Waals surface area contributed by atoms with Gasteiger partial charge in [-0.1, -0.05) is 74.5 Å². The molecular weight excluding hydrogens is 400 g/mol. The van der Waals surface area contributed by atoms with E-state index in [9.17, 15) is 4.57 Å². The highest BCUT2D eigenvalue weighted by Crippen LogP contribution is 2.57. The van der Waals surface area contributed by atoms with E-state index in [-0.39, 0.29) is 25.2 Å². The molecule has 0 radical (unpaired) electrons. The second-order valence-corrected chi connectivity index (χ2v) is 9.37. The number of hydrogen-bond acceptors (Lipinski definition) is 4. The van der Waals surface area contributed by atoms with Gasteiger partial charge >= 0.3 is 7.60 Å². The fraction of sp³-hybridized carbons (Fsp3) is 0.417. The van der Waals surface area contributed by atoms with Gasteiger partial charge in [-0.05, 0) is 37.0 Å². The summed E-state index contributed by atoms with van der Waals surface area (Å²) in [4.78, 5) is 2.19. The molecule has 0 aromatic heterocycles. The Morgan fingerprint density at radius 1 is 0.933 bits per heavy atom. The van der Waals surface area contributed by atoms with Crippen LogP contribution in [0.25, 0.3) is 0 Å². The molecule has 0 N–H and O–H groups in total. The van der Waals surface area contributed by atoms with Gasteiger partial charge in [-0.3, -0.25) is 9.46 Å². The van der Waals surface area contributed by atoms with Crippen molar-refractivity contribution in [1.82, 2.24) is 4.90 Å². The van der Waals surface area contributed by atoms with Crippen molar-refractivity contribution in [2.75, 3.05) is 13.2 Å². The zero-order chi connectivity index (χ0) is 22.0. The normalized spacial score (nSPS) is 13.8. The monoisotopic (exact) mass is 433 g/mol. The first-order chi connectivity index (χ1) is 14.4. The van der Waals surface area contributed by atoms with Crippen LogP contribution in [0, 0.1) is 5.92 Å². The Morgan fingerprint density at radius 3 is 1.73 bits per heavy atom. The minimum atomic E-state index is -3.94. The van der Waals surface area contributed by atoms with Crippen LogP contribution in [0.2, 0.25) is 0 Å². The van der Waals surface area contributed by atoms with E-state index in [1.807, 2.05) is 50.2 Å². The average molecular weight is 434 g/mol. The van der Waals surface area contributed by atoms with Crippen LogP contribution in [0.1, 0.15) is 38.8 Å². The highest BCUT2D eigenvalue weighted by atomic mass is 31.2. The fourth-order valence-corrected chi connectivity index (χ4v) is 4.69. The molecular formula is C24H33FNO3P. The lowest BCUT2D eigenvalue weighted by molar-refractivity contribution is 0.170. The number of rotatable bonds is 12. The van der Waals surface area contributed by atoms with Crippen LogP contribution in [-0.4, -0.2) is 24.2 Å². The minimum absolute atomic E-state index is 0.0832. The van der Waals surface area contributed by atoms with E-state index >= 15 is 4.39 Å². The van der Waals surface area contributed by atoms with E-state index < -0.39 is 13.2 Å². The molecule has 0 aliphatic rings. The lowest BCUT2D eigenvalue weighted by atomic mass is 10.0. The van der Waals surface area contributed by atoms with Crippen molar-refractivity contribution < 1.29 is 18.0 Å². The molecule has 2 rings (SSSR count). The van der Waals surface area contributed by atoms with Crippen LogP contribution < -0.4 is 0 Å². The maximum absolute atomic E-state index is 15.2. The van der Waals surface area contributed by atoms with Gasteiger partial charge in [0.1, 0.15) is 0 Å². The molecule has 1 atom stereocenters. The highest BCUT2D eigenvalue weighted by Gasteiger charge is 2.33. The van der Waals surface area contributed by atoms with Gasteiger partial charge in [-0.15, -0.1) is 0 Å². The molecule has 0 bridgehead atoms. The van der Waals surface area contributed by atoms with Crippen LogP contribution in [0.3, 0.4) is 0 Å². The molecule has 0 saturated heterocycles. The van der Waals surface area contributed by atoms with Crippen LogP contribution in [-0.2, 0) is 26.7 Å². The van der Waals surface area contributed by atoms with Gasteiger partial charge < -0.3 is 9.05 Å². The topological polar surface area (TPSA) is 38.8 Å². The van der Waals surface area contributed by atoms with Gasteiger partial charge in [-0.2, -0.15) is 4.39 Å². The summed E-state index contributed by atoms with van der Waals surface area (Å²) in [6.45, 7) is 8.91. The van der Waals surface area contributed by atoms with Crippen molar-refractivity contribution in [3.05, 3.63) is 83.4 Å². The van der Waals surface area contributed by atoms with Crippen molar-refractivity contribution >= 4 is 7.60 Å². The Balaban J connectivity index is 2.40. The lowest BCUT2D eigenvalue weighted by Gasteiger charge is -2.33. The van der Waals surface area contributed by atoms with Crippen molar-refractivity contribution in [2.45, 2.75) is 46.8 Å². The van der Waals surface area contributed by atoms with E-state index in [2.05, 4.69) is 29.2 Å². The third kappa shape index (κ3) is 7.17. The molecule has 0 heterocycles. The zero-order valence-electron chi connectivity index (χ0n) is 18.3. The van der Waals surface area contributed by atoms with Crippen molar-refractivity contribution in [3.8, 4) is 0 Å². The smallest absolute Gasteiger partial charge is 0.304 e. The molecule has 6 heteroatoms. The predicted octanol–water partition coefficient (Wildman–Crippen LogP) is 6.79. The molecule has 0 aliphatic carbocycles. The Hall–Kier alpha value is -1.78. The number of halogens is 1. The van der Waals surface area contributed by atoms with Crippen LogP contribution in [0.4, 0.5) is 4.39 Å². The van der Waals surface area contributed by atoms with Gasteiger partial charge in [0, 0.05) is 19.1 Å². The Kier molecular flexibility index (Phi) is 9.93. The predicted molar refractivity (Wildman–Crippen MR) is 121 cm³/mol. The Morgan fingerprint density at radius 2 is 1.37 bits per heavy atom. The molecule has 0 saturated carbocycles. The summed E-state index contributed by atoms with van der Waals surface area (Å²) >= 11 is 0. The second kappa shape index (κ2) is 12.2. The quantitative estimate of drug-likeness (QED) is 0.346. The van der Waals surface area contributed by atoms with E-state index in [1.165, 1.54) is 6.08 Å². The van der Waals surface area contributed by atoms with Gasteiger partial charge in [-0.25, -0.2) is 0 Å². The van der Waals surface area contributed by atoms with Crippen LogP contribution >= 0.6 is 7.60 Å². The number of hydrogen-bond donors (Lipinski definition) is 0. The molecule has 0 amide bonds. The standard InChI is InChI=1S/C24H33FNO3P/c1-5-28-30(27,29-6-2)24(25)17-23(20(3)4)26(18-21-13-9-7-10-14-21)19-22-15-11-8-12-16-22/h7-17,20,23H,5-6,18-19H2,1-4H3/b24-17+. The van der Waals surface area contributed by atoms with Crippen LogP contribution in [0.5, 0.6) is 0 Å². The summed E-state index contributed by atoms with van der Waals surface area (Å²) in [5, 5.41) is 0. The molecule has 164 valence electrons. The molecule has 0 fully saturated rings. The van der Waals surface area contributed by atoms with Crippen molar-refractivity contribution in [3.63, 3.8) is 0 Å². The Labute approximate surface area is 180 Å². The third-order valence-corrected chi connectivity index (χ3v) is 6.60. The first-order valence-corrected chi connectivity index (χ1v) is 12.0. The van der Waals surface area contributed by atoms with Gasteiger partial charge in [0.15, 0.2) is 0 Å². The summed E-state index contributed by atoms with van der Waals surface area (Å²) in [5.74, 6) is 0.0832. The first-order valence-electron chi connectivity index (χ1n) is 10.5. The maximum atomic E-state index is 15.2. The Bertz CT molecular complexity index is 775. The summed E-state index contributed by atoms with van der Waals surface area (Å²) < 4.78 is 38.5. The summed E-state index contributed by atoms with van der Waals surface area (Å²) in [5.41, 5.74) is 1.44. The van der Waals surface area contributed by atoms with Crippen molar-refractivity contribution in [1.29, 1.82) is 0 Å². The number of benzene rings is 2.